The van der Waals surface area contributed by atoms with E-state index in [0.717, 1.165) is 21.9 Å². The lowest BCUT2D eigenvalue weighted by atomic mass is 10.2. The van der Waals surface area contributed by atoms with Crippen molar-refractivity contribution in [3.05, 3.63) is 59.9 Å². The van der Waals surface area contributed by atoms with Gasteiger partial charge in [-0.2, -0.15) is 0 Å². The largest absolute Gasteiger partial charge is 0.452 e. The number of ether oxygens (including phenoxy) is 1. The van der Waals surface area contributed by atoms with E-state index in [2.05, 4.69) is 4.98 Å². The lowest BCUT2D eigenvalue weighted by molar-refractivity contribution is -0.143. The SMILES string of the molecule is Cc1nc2cc(C(=O)OCC(=O)N3CCCC3=O)ccc2n1-c1ccccc1. The predicted octanol–water partition coefficient (Wildman–Crippen LogP) is 2.64. The van der Waals surface area contributed by atoms with Crippen LogP contribution < -0.4 is 0 Å². The number of fused-ring (bicyclic) bond motifs is 1. The monoisotopic (exact) mass is 377 g/mol. The van der Waals surface area contributed by atoms with Gasteiger partial charge in [-0.25, -0.2) is 9.78 Å². The maximum absolute atomic E-state index is 12.3. The van der Waals surface area contributed by atoms with Crippen LogP contribution in [0.1, 0.15) is 29.0 Å². The van der Waals surface area contributed by atoms with Crippen molar-refractivity contribution in [2.45, 2.75) is 19.8 Å². The van der Waals surface area contributed by atoms with E-state index < -0.39 is 18.5 Å². The standard InChI is InChI=1S/C21H19N3O4/c1-14-22-17-12-15(9-10-18(17)24(14)16-6-3-2-4-7-16)21(27)28-13-20(26)23-11-5-8-19(23)25/h2-4,6-7,9-10,12H,5,8,11,13H2,1H3. The third kappa shape index (κ3) is 3.26. The highest BCUT2D eigenvalue weighted by Gasteiger charge is 2.27. The molecule has 2 heterocycles. The average Bonchev–Trinajstić information content (AvgIpc) is 3.28. The smallest absolute Gasteiger partial charge is 0.338 e. The molecule has 1 aliphatic rings. The summed E-state index contributed by atoms with van der Waals surface area (Å²) in [5.74, 6) is -0.520. The first kappa shape index (κ1) is 17.9. The average molecular weight is 377 g/mol. The van der Waals surface area contributed by atoms with Gasteiger partial charge in [0.05, 0.1) is 16.6 Å². The number of benzene rings is 2. The van der Waals surface area contributed by atoms with E-state index in [9.17, 15) is 14.4 Å². The number of carbonyl (C=O) groups excluding carboxylic acids is 3. The molecule has 28 heavy (non-hydrogen) atoms. The highest BCUT2D eigenvalue weighted by Crippen LogP contribution is 2.22. The second-order valence-corrected chi connectivity index (χ2v) is 6.65. The zero-order valence-electron chi connectivity index (χ0n) is 15.4. The van der Waals surface area contributed by atoms with Crippen LogP contribution in [0.5, 0.6) is 0 Å². The number of hydrogen-bond acceptors (Lipinski definition) is 5. The zero-order valence-corrected chi connectivity index (χ0v) is 15.4. The molecule has 0 bridgehead atoms. The van der Waals surface area contributed by atoms with Crippen molar-refractivity contribution in [2.24, 2.45) is 0 Å². The molecule has 0 radical (unpaired) electrons. The molecule has 0 saturated carbocycles. The van der Waals surface area contributed by atoms with Crippen molar-refractivity contribution in [2.75, 3.05) is 13.2 Å². The van der Waals surface area contributed by atoms with E-state index in [-0.39, 0.29) is 5.91 Å². The number of likely N-dealkylation sites (tertiary alicyclic amines) is 1. The maximum Gasteiger partial charge on any atom is 0.338 e. The Morgan fingerprint density at radius 2 is 1.93 bits per heavy atom. The topological polar surface area (TPSA) is 81.5 Å². The van der Waals surface area contributed by atoms with Crippen molar-refractivity contribution in [3.63, 3.8) is 0 Å². The zero-order chi connectivity index (χ0) is 19.7. The molecule has 1 aliphatic heterocycles. The number of imidazole rings is 1. The molecule has 2 amide bonds. The van der Waals surface area contributed by atoms with E-state index in [1.54, 1.807) is 12.1 Å². The van der Waals surface area contributed by atoms with Gasteiger partial charge in [-0.3, -0.25) is 19.1 Å². The van der Waals surface area contributed by atoms with E-state index in [0.29, 0.717) is 30.5 Å². The molecule has 3 aromatic rings. The Hall–Kier alpha value is -3.48. The third-order valence-electron chi connectivity index (χ3n) is 4.77. The summed E-state index contributed by atoms with van der Waals surface area (Å²) >= 11 is 0. The molecule has 0 unspecified atom stereocenters. The number of nitrogens with zero attached hydrogens (tertiary/aromatic N) is 3. The molecule has 7 nitrogen and oxygen atoms in total. The van der Waals surface area contributed by atoms with Gasteiger partial charge in [0, 0.05) is 18.7 Å². The van der Waals surface area contributed by atoms with Gasteiger partial charge in [0.1, 0.15) is 5.82 Å². The van der Waals surface area contributed by atoms with E-state index >= 15 is 0 Å². The highest BCUT2D eigenvalue weighted by molar-refractivity contribution is 5.99. The van der Waals surface area contributed by atoms with Crippen LogP contribution >= 0.6 is 0 Å². The van der Waals surface area contributed by atoms with Gasteiger partial charge in [-0.15, -0.1) is 0 Å². The number of amides is 2. The minimum atomic E-state index is -0.617. The molecule has 0 aliphatic carbocycles. The molecule has 142 valence electrons. The first-order valence-corrected chi connectivity index (χ1v) is 9.09. The Morgan fingerprint density at radius 3 is 2.64 bits per heavy atom. The Morgan fingerprint density at radius 1 is 1.14 bits per heavy atom. The molecule has 1 fully saturated rings. The number of imide groups is 1. The van der Waals surface area contributed by atoms with Gasteiger partial charge in [-0.05, 0) is 43.7 Å². The van der Waals surface area contributed by atoms with Crippen LogP contribution in [-0.4, -0.2) is 45.4 Å². The quantitative estimate of drug-likeness (QED) is 0.653. The van der Waals surface area contributed by atoms with Gasteiger partial charge in [0.15, 0.2) is 6.61 Å². The Labute approximate surface area is 161 Å². The summed E-state index contributed by atoms with van der Waals surface area (Å²) in [6.45, 7) is 1.84. The van der Waals surface area contributed by atoms with Crippen molar-refractivity contribution in [3.8, 4) is 5.69 Å². The van der Waals surface area contributed by atoms with E-state index in [1.807, 2.05) is 47.9 Å². The van der Waals surface area contributed by atoms with Crippen LogP contribution in [0.4, 0.5) is 0 Å². The lowest BCUT2D eigenvalue weighted by Crippen LogP contribution is -2.35. The van der Waals surface area contributed by atoms with Gasteiger partial charge >= 0.3 is 5.97 Å². The molecule has 0 atom stereocenters. The number of rotatable bonds is 4. The van der Waals surface area contributed by atoms with Crippen molar-refractivity contribution in [1.29, 1.82) is 0 Å². The van der Waals surface area contributed by atoms with Gasteiger partial charge < -0.3 is 4.74 Å². The van der Waals surface area contributed by atoms with Gasteiger partial charge in [-0.1, -0.05) is 18.2 Å². The van der Waals surface area contributed by atoms with Crippen LogP contribution in [0.15, 0.2) is 48.5 Å². The van der Waals surface area contributed by atoms with Crippen LogP contribution in [-0.2, 0) is 14.3 Å². The summed E-state index contributed by atoms with van der Waals surface area (Å²) in [6.07, 6.45) is 1.01. The normalized spacial score (nSPS) is 13.9. The van der Waals surface area contributed by atoms with Crippen LogP contribution in [0.3, 0.4) is 0 Å². The van der Waals surface area contributed by atoms with E-state index in [4.69, 9.17) is 4.74 Å². The Balaban J connectivity index is 1.52. The van der Waals surface area contributed by atoms with Crippen molar-refractivity contribution in [1.82, 2.24) is 14.5 Å². The number of carbonyl (C=O) groups is 3. The van der Waals surface area contributed by atoms with Gasteiger partial charge in [0.25, 0.3) is 5.91 Å². The van der Waals surface area contributed by atoms with Crippen LogP contribution in [0.25, 0.3) is 16.7 Å². The fourth-order valence-electron chi connectivity index (χ4n) is 3.43. The fourth-order valence-corrected chi connectivity index (χ4v) is 3.43. The molecule has 1 aromatic heterocycles. The Kier molecular flexibility index (Phi) is 4.65. The van der Waals surface area contributed by atoms with Gasteiger partial charge in [0.2, 0.25) is 5.91 Å². The third-order valence-corrected chi connectivity index (χ3v) is 4.77. The number of aryl methyl sites for hydroxylation is 1. The molecule has 7 heteroatoms. The predicted molar refractivity (Wildman–Crippen MR) is 102 cm³/mol. The molecule has 2 aromatic carbocycles. The van der Waals surface area contributed by atoms with Crippen LogP contribution in [0, 0.1) is 6.92 Å². The summed E-state index contributed by atoms with van der Waals surface area (Å²) < 4.78 is 7.11. The number of esters is 1. The summed E-state index contributed by atoms with van der Waals surface area (Å²) in [4.78, 5) is 41.6. The molecule has 1 saturated heterocycles. The maximum atomic E-state index is 12.3. The first-order valence-electron chi connectivity index (χ1n) is 9.09. The number of aromatic nitrogens is 2. The van der Waals surface area contributed by atoms with Crippen molar-refractivity contribution >= 4 is 28.8 Å². The summed E-state index contributed by atoms with van der Waals surface area (Å²) in [7, 11) is 0. The molecule has 0 spiro atoms. The lowest BCUT2D eigenvalue weighted by Gasteiger charge is -2.13. The summed E-state index contributed by atoms with van der Waals surface area (Å²) in [5, 5.41) is 0. The molecular formula is C21H19N3O4. The number of hydrogen-bond donors (Lipinski definition) is 0. The molecular weight excluding hydrogens is 358 g/mol. The fraction of sp³-hybridized carbons (Fsp3) is 0.238. The van der Waals surface area contributed by atoms with Crippen molar-refractivity contribution < 1.29 is 19.1 Å². The summed E-state index contributed by atoms with van der Waals surface area (Å²) in [6, 6.07) is 14.9. The minimum absolute atomic E-state index is 0.218. The number of para-hydroxylation sites is 1. The first-order chi connectivity index (χ1) is 13.5. The molecule has 4 rings (SSSR count). The second-order valence-electron chi connectivity index (χ2n) is 6.65. The minimum Gasteiger partial charge on any atom is -0.452 e. The highest BCUT2D eigenvalue weighted by atomic mass is 16.5. The van der Waals surface area contributed by atoms with E-state index in [1.165, 1.54) is 0 Å². The Bertz CT molecular complexity index is 1070. The summed E-state index contributed by atoms with van der Waals surface area (Å²) in [5.41, 5.74) is 2.83. The molecule has 0 N–H and O–H groups in total. The van der Waals surface area contributed by atoms with Crippen LogP contribution in [0.2, 0.25) is 0 Å². The second kappa shape index (κ2) is 7.26.